The molecule has 3 fully saturated rings. The van der Waals surface area contributed by atoms with Crippen molar-refractivity contribution in [2.75, 3.05) is 26.4 Å². The topological polar surface area (TPSA) is 307 Å². The van der Waals surface area contributed by atoms with Gasteiger partial charge in [-0.15, -0.1) is 0 Å². The van der Waals surface area contributed by atoms with Crippen molar-refractivity contribution in [3.8, 4) is 0 Å². The Morgan fingerprint density at radius 3 is 1.23 bits per heavy atom. The van der Waals surface area contributed by atoms with E-state index >= 15 is 0 Å². The van der Waals surface area contributed by atoms with E-state index in [4.69, 9.17) is 28.4 Å². The lowest BCUT2D eigenvalue weighted by Crippen LogP contribution is -2.66. The molecule has 0 aromatic carbocycles. The minimum atomic E-state index is -1.98. The summed E-state index contributed by atoms with van der Waals surface area (Å²) in [6, 6.07) is -0.996. The molecule has 0 aliphatic carbocycles. The number of rotatable bonds is 47. The van der Waals surface area contributed by atoms with Crippen LogP contribution in [0.2, 0.25) is 0 Å². The van der Waals surface area contributed by atoms with E-state index in [0.717, 1.165) is 44.9 Å². The smallest absolute Gasteiger partial charge is 0.220 e. The van der Waals surface area contributed by atoms with Gasteiger partial charge in [0.25, 0.3) is 0 Å². The van der Waals surface area contributed by atoms with Gasteiger partial charge in [0.15, 0.2) is 18.9 Å². The fourth-order valence-electron chi connectivity index (χ4n) is 10.6. The molecule has 12 N–H and O–H groups in total. The van der Waals surface area contributed by atoms with Gasteiger partial charge in [0.1, 0.15) is 73.2 Å². The van der Waals surface area contributed by atoms with Crippen LogP contribution in [0, 0.1) is 0 Å². The van der Waals surface area contributed by atoms with Crippen molar-refractivity contribution in [2.45, 2.75) is 317 Å². The van der Waals surface area contributed by atoms with Gasteiger partial charge in [-0.3, -0.25) is 4.79 Å². The van der Waals surface area contributed by atoms with Gasteiger partial charge in [-0.1, -0.05) is 184 Å². The van der Waals surface area contributed by atoms with Gasteiger partial charge in [-0.05, 0) is 70.6 Å². The van der Waals surface area contributed by atoms with E-state index in [1.165, 1.54) is 135 Å². The number of aliphatic hydroxyl groups excluding tert-OH is 11. The quantitative estimate of drug-likeness (QED) is 0.0224. The van der Waals surface area contributed by atoms with Crippen LogP contribution in [0.15, 0.2) is 48.6 Å². The Hall–Kier alpha value is -2.25. The summed E-state index contributed by atoms with van der Waals surface area (Å²) in [5, 5.41) is 120. The molecule has 3 rings (SSSR count). The Bertz CT molecular complexity index is 1680. The molecule has 1 amide bonds. The molecular formula is C63H113NO18. The molecule has 0 aromatic rings. The van der Waals surface area contributed by atoms with Crippen LogP contribution in [0.1, 0.15) is 213 Å². The van der Waals surface area contributed by atoms with Crippen LogP contribution in [0.4, 0.5) is 0 Å². The number of carbonyl (C=O) groups excluding carboxylic acids is 1. The maximum Gasteiger partial charge on any atom is 0.220 e. The lowest BCUT2D eigenvalue weighted by Gasteiger charge is -2.48. The Labute approximate surface area is 491 Å². The molecule has 17 atom stereocenters. The number of hydrogen-bond donors (Lipinski definition) is 12. The van der Waals surface area contributed by atoms with Gasteiger partial charge in [0.05, 0.1) is 38.6 Å². The molecule has 19 nitrogen and oxygen atoms in total. The largest absolute Gasteiger partial charge is 0.394 e. The second-order valence-corrected chi connectivity index (χ2v) is 22.8. The summed E-state index contributed by atoms with van der Waals surface area (Å²) >= 11 is 0. The van der Waals surface area contributed by atoms with Crippen LogP contribution in [-0.4, -0.2) is 193 Å². The maximum absolute atomic E-state index is 13.3. The first-order valence-electron chi connectivity index (χ1n) is 31.9. The van der Waals surface area contributed by atoms with Crippen molar-refractivity contribution >= 4 is 5.91 Å². The van der Waals surface area contributed by atoms with Crippen LogP contribution >= 0.6 is 0 Å². The van der Waals surface area contributed by atoms with Gasteiger partial charge >= 0.3 is 0 Å². The average Bonchev–Trinajstić information content (AvgIpc) is 2.90. The molecular weight excluding hydrogens is 1060 g/mol. The van der Waals surface area contributed by atoms with Gasteiger partial charge < -0.3 is 89.9 Å². The lowest BCUT2D eigenvalue weighted by atomic mass is 9.96. The van der Waals surface area contributed by atoms with Crippen LogP contribution in [0.25, 0.3) is 0 Å². The standard InChI is InChI=1S/C63H113NO18/c1-3-5-7-9-11-13-15-17-19-20-21-22-23-24-25-26-27-29-31-33-35-37-39-41-51(69)64-46(47(68)40-38-36-34-32-30-28-18-16-14-12-10-8-6-4-2)45-77-61-57(75)54(72)59(49(43-66)79-61)82-63-58(76)55(73)60(50(44-67)80-63)81-62-56(74)53(71)52(70)48(42-65)78-62/h14,16,20-21,30,32,38,40,46-50,52-63,65-68,70-76H,3-13,15,17-19,22-29,31,33-37,39,41-45H2,1-2H3,(H,64,69)/b16-14+,21-20-,32-30+,40-38+. The summed E-state index contributed by atoms with van der Waals surface area (Å²) in [6.07, 6.45) is 25.2. The predicted octanol–water partition coefficient (Wildman–Crippen LogP) is 6.65. The third kappa shape index (κ3) is 29.0. The van der Waals surface area contributed by atoms with Crippen molar-refractivity contribution in [3.63, 3.8) is 0 Å². The minimum Gasteiger partial charge on any atom is -0.394 e. The fraction of sp³-hybridized carbons (Fsp3) is 0.857. The highest BCUT2D eigenvalue weighted by Crippen LogP contribution is 2.33. The Kier molecular flexibility index (Phi) is 41.5. The Balaban J connectivity index is 1.47. The molecule has 0 aromatic heterocycles. The number of unbranched alkanes of at least 4 members (excludes halogenated alkanes) is 25. The monoisotopic (exact) mass is 1170 g/mol. The molecule has 0 radical (unpaired) electrons. The summed E-state index contributed by atoms with van der Waals surface area (Å²) in [5.74, 6) is -0.292. The summed E-state index contributed by atoms with van der Waals surface area (Å²) in [4.78, 5) is 13.3. The molecule has 0 spiro atoms. The lowest BCUT2D eigenvalue weighted by molar-refractivity contribution is -0.379. The van der Waals surface area contributed by atoms with E-state index in [9.17, 15) is 61.0 Å². The summed E-state index contributed by atoms with van der Waals surface area (Å²) < 4.78 is 34.2. The number of nitrogens with one attached hydrogen (secondary N) is 1. The molecule has 3 saturated heterocycles. The van der Waals surface area contributed by atoms with Gasteiger partial charge in [0, 0.05) is 6.42 Å². The zero-order valence-corrected chi connectivity index (χ0v) is 50.0. The molecule has 17 unspecified atom stereocenters. The maximum atomic E-state index is 13.3. The highest BCUT2D eigenvalue weighted by atomic mass is 16.8. The molecule has 0 bridgehead atoms. The fourth-order valence-corrected chi connectivity index (χ4v) is 10.6. The second-order valence-electron chi connectivity index (χ2n) is 22.8. The van der Waals surface area contributed by atoms with E-state index in [-0.39, 0.29) is 18.9 Å². The molecule has 3 heterocycles. The second kappa shape index (κ2) is 46.0. The number of aliphatic hydroxyl groups is 11. The van der Waals surface area contributed by atoms with Gasteiger partial charge in [-0.2, -0.15) is 0 Å². The average molecular weight is 1170 g/mol. The number of allylic oxidation sites excluding steroid dienone is 7. The van der Waals surface area contributed by atoms with Crippen molar-refractivity contribution < 1.29 is 89.4 Å². The van der Waals surface area contributed by atoms with Gasteiger partial charge in [-0.25, -0.2) is 0 Å². The van der Waals surface area contributed by atoms with Crippen LogP contribution < -0.4 is 5.32 Å². The predicted molar refractivity (Wildman–Crippen MR) is 314 cm³/mol. The zero-order valence-electron chi connectivity index (χ0n) is 50.0. The van der Waals surface area contributed by atoms with E-state index in [1.807, 2.05) is 6.08 Å². The molecule has 478 valence electrons. The number of amides is 1. The molecule has 3 aliphatic heterocycles. The van der Waals surface area contributed by atoms with E-state index in [2.05, 4.69) is 55.6 Å². The Morgan fingerprint density at radius 1 is 0.427 bits per heavy atom. The first kappa shape index (κ1) is 74.0. The van der Waals surface area contributed by atoms with Crippen LogP contribution in [-0.2, 0) is 33.2 Å². The highest BCUT2D eigenvalue weighted by molar-refractivity contribution is 5.76. The third-order valence-corrected chi connectivity index (χ3v) is 15.8. The summed E-state index contributed by atoms with van der Waals surface area (Å²) in [7, 11) is 0. The highest BCUT2D eigenvalue weighted by Gasteiger charge is 2.53. The van der Waals surface area contributed by atoms with Gasteiger partial charge in [0.2, 0.25) is 5.91 Å². The number of ether oxygens (including phenoxy) is 6. The number of carbonyl (C=O) groups is 1. The Morgan fingerprint density at radius 2 is 0.780 bits per heavy atom. The van der Waals surface area contributed by atoms with Crippen molar-refractivity contribution in [2.24, 2.45) is 0 Å². The third-order valence-electron chi connectivity index (χ3n) is 15.8. The zero-order chi connectivity index (χ0) is 59.7. The molecule has 3 aliphatic rings. The van der Waals surface area contributed by atoms with Crippen molar-refractivity contribution in [3.05, 3.63) is 48.6 Å². The first-order chi connectivity index (χ1) is 39.8. The van der Waals surface area contributed by atoms with E-state index < -0.39 is 124 Å². The molecule has 82 heavy (non-hydrogen) atoms. The first-order valence-corrected chi connectivity index (χ1v) is 31.9. The van der Waals surface area contributed by atoms with Crippen molar-refractivity contribution in [1.82, 2.24) is 5.32 Å². The molecule has 19 heteroatoms. The summed E-state index contributed by atoms with van der Waals surface area (Å²) in [5.41, 5.74) is 0. The van der Waals surface area contributed by atoms with E-state index in [1.54, 1.807) is 6.08 Å². The van der Waals surface area contributed by atoms with Crippen LogP contribution in [0.5, 0.6) is 0 Å². The SMILES string of the molecule is CCCCCC/C=C/CC/C=C/CC/C=C/C(O)C(COC1OC(CO)C(OC2OC(CO)C(OC3OC(CO)C(O)C(O)C3O)C(O)C2O)C(O)C1O)NC(=O)CCCCCCCCCCCCC/C=C\CCCCCCCCCC. The van der Waals surface area contributed by atoms with Crippen molar-refractivity contribution in [1.29, 1.82) is 0 Å². The minimum absolute atomic E-state index is 0.231. The number of hydrogen-bond acceptors (Lipinski definition) is 18. The van der Waals surface area contributed by atoms with Crippen LogP contribution in [0.3, 0.4) is 0 Å². The molecule has 0 saturated carbocycles. The summed E-state index contributed by atoms with van der Waals surface area (Å²) in [6.45, 7) is 1.67. The van der Waals surface area contributed by atoms with E-state index in [0.29, 0.717) is 12.8 Å². The normalized spacial score (nSPS) is 29.9.